The van der Waals surface area contributed by atoms with Gasteiger partial charge in [-0.05, 0) is 36.4 Å². The van der Waals surface area contributed by atoms with Gasteiger partial charge in [0.15, 0.2) is 0 Å². The van der Waals surface area contributed by atoms with Gasteiger partial charge in [-0.15, -0.1) is 11.3 Å². The van der Waals surface area contributed by atoms with Gasteiger partial charge in [-0.2, -0.15) is 4.31 Å². The van der Waals surface area contributed by atoms with Crippen molar-refractivity contribution in [1.82, 2.24) is 9.73 Å². The van der Waals surface area contributed by atoms with Crippen molar-refractivity contribution in [2.75, 3.05) is 25.1 Å². The Morgan fingerprint density at radius 1 is 1.16 bits per heavy atom. The van der Waals surface area contributed by atoms with E-state index in [9.17, 15) is 13.2 Å². The summed E-state index contributed by atoms with van der Waals surface area (Å²) in [6.45, 7) is 0.737. The predicted octanol–water partition coefficient (Wildman–Crippen LogP) is 2.32. The van der Waals surface area contributed by atoms with Gasteiger partial charge in [0.05, 0.1) is 5.69 Å². The van der Waals surface area contributed by atoms with Gasteiger partial charge in [0.25, 0.3) is 10.0 Å². The Hall–Kier alpha value is -1.90. The summed E-state index contributed by atoms with van der Waals surface area (Å²) in [6.07, 6.45) is 1.05. The van der Waals surface area contributed by atoms with Crippen molar-refractivity contribution >= 4 is 33.0 Å². The second kappa shape index (κ2) is 7.55. The summed E-state index contributed by atoms with van der Waals surface area (Å²) in [7, 11) is -1.63. The summed E-state index contributed by atoms with van der Waals surface area (Å²) >= 11 is 1.22. The number of nitrogens with zero attached hydrogens (tertiary/aromatic N) is 2. The second-order valence-corrected chi connectivity index (χ2v) is 9.09. The molecule has 8 heteroatoms. The minimum absolute atomic E-state index is 0.0699. The summed E-state index contributed by atoms with van der Waals surface area (Å²) in [5.74, 6) is -0.250. The van der Waals surface area contributed by atoms with Crippen LogP contribution in [0.3, 0.4) is 0 Å². The van der Waals surface area contributed by atoms with Crippen molar-refractivity contribution in [2.45, 2.75) is 17.1 Å². The molecular formula is C17H21N3O3S2. The average molecular weight is 380 g/mol. The first-order chi connectivity index (χ1) is 12.0. The lowest BCUT2D eigenvalue weighted by Crippen LogP contribution is -2.47. The number of amides is 1. The van der Waals surface area contributed by atoms with Crippen LogP contribution in [0.5, 0.6) is 0 Å². The Labute approximate surface area is 152 Å². The van der Waals surface area contributed by atoms with Crippen LogP contribution in [0.2, 0.25) is 0 Å². The van der Waals surface area contributed by atoms with Gasteiger partial charge in [0.2, 0.25) is 5.91 Å². The van der Waals surface area contributed by atoms with E-state index in [1.165, 1.54) is 15.6 Å². The van der Waals surface area contributed by atoms with E-state index < -0.39 is 10.0 Å². The standard InChI is InChI=1S/C17H21N3O3S2/c1-19(15-6-3-2-4-7-15)18-17(21)14-9-11-20(12-10-14)25(22,23)16-8-5-13-24-16/h2-8,13-14H,9-12H2,1H3,(H,18,21). The quantitative estimate of drug-likeness (QED) is 0.810. The Morgan fingerprint density at radius 3 is 2.44 bits per heavy atom. The van der Waals surface area contributed by atoms with E-state index in [1.54, 1.807) is 29.6 Å². The van der Waals surface area contributed by atoms with Crippen molar-refractivity contribution in [2.24, 2.45) is 5.92 Å². The van der Waals surface area contributed by atoms with E-state index >= 15 is 0 Å². The Kier molecular flexibility index (Phi) is 5.41. The molecule has 0 bridgehead atoms. The minimum Gasteiger partial charge on any atom is -0.289 e. The third kappa shape index (κ3) is 4.02. The number of nitrogens with one attached hydrogen (secondary N) is 1. The van der Waals surface area contributed by atoms with Crippen LogP contribution >= 0.6 is 11.3 Å². The molecule has 1 aromatic heterocycles. The van der Waals surface area contributed by atoms with E-state index in [4.69, 9.17) is 0 Å². The molecule has 134 valence electrons. The first-order valence-corrected chi connectivity index (χ1v) is 10.4. The summed E-state index contributed by atoms with van der Waals surface area (Å²) in [6, 6.07) is 12.9. The Bertz CT molecular complexity index is 799. The minimum atomic E-state index is -3.42. The van der Waals surface area contributed by atoms with Crippen molar-refractivity contribution in [1.29, 1.82) is 0 Å². The molecule has 1 amide bonds. The van der Waals surface area contributed by atoms with E-state index in [1.807, 2.05) is 30.3 Å². The summed E-state index contributed by atoms with van der Waals surface area (Å²) in [5.41, 5.74) is 3.77. The van der Waals surface area contributed by atoms with Gasteiger partial charge in [-0.25, -0.2) is 8.42 Å². The Morgan fingerprint density at radius 2 is 1.84 bits per heavy atom. The van der Waals surface area contributed by atoms with E-state index in [-0.39, 0.29) is 11.8 Å². The highest BCUT2D eigenvalue weighted by Gasteiger charge is 2.32. The van der Waals surface area contributed by atoms with Gasteiger partial charge in [0.1, 0.15) is 4.21 Å². The molecule has 0 atom stereocenters. The van der Waals surface area contributed by atoms with Crippen LogP contribution in [0.15, 0.2) is 52.1 Å². The van der Waals surface area contributed by atoms with Gasteiger partial charge < -0.3 is 0 Å². The van der Waals surface area contributed by atoms with E-state index in [2.05, 4.69) is 5.43 Å². The molecule has 25 heavy (non-hydrogen) atoms. The van der Waals surface area contributed by atoms with Gasteiger partial charge in [-0.1, -0.05) is 24.3 Å². The molecule has 0 radical (unpaired) electrons. The highest BCUT2D eigenvalue weighted by atomic mass is 32.2. The molecule has 0 aliphatic carbocycles. The molecule has 0 spiro atoms. The first-order valence-electron chi connectivity index (χ1n) is 8.11. The predicted molar refractivity (Wildman–Crippen MR) is 98.8 cm³/mol. The normalized spacial score (nSPS) is 16.5. The highest BCUT2D eigenvalue weighted by Crippen LogP contribution is 2.26. The number of carbonyl (C=O) groups is 1. The zero-order valence-electron chi connectivity index (χ0n) is 14.0. The molecule has 1 fully saturated rings. The number of anilines is 1. The van der Waals surface area contributed by atoms with Crippen molar-refractivity contribution < 1.29 is 13.2 Å². The largest absolute Gasteiger partial charge is 0.289 e. The number of carbonyl (C=O) groups excluding carboxylic acids is 1. The molecule has 0 saturated carbocycles. The number of thiophene rings is 1. The molecule has 2 heterocycles. The Balaban J connectivity index is 1.56. The van der Waals surface area contributed by atoms with Crippen LogP contribution < -0.4 is 10.4 Å². The monoisotopic (exact) mass is 379 g/mol. The van der Waals surface area contributed by atoms with E-state index in [0.717, 1.165) is 5.69 Å². The van der Waals surface area contributed by atoms with Gasteiger partial charge >= 0.3 is 0 Å². The maximum absolute atomic E-state index is 12.5. The lowest BCUT2D eigenvalue weighted by atomic mass is 9.97. The third-order valence-electron chi connectivity index (χ3n) is 4.34. The van der Waals surface area contributed by atoms with Crippen molar-refractivity contribution in [3.8, 4) is 0 Å². The van der Waals surface area contributed by atoms with Gasteiger partial charge in [0, 0.05) is 26.1 Å². The molecular weight excluding hydrogens is 358 g/mol. The fourth-order valence-corrected chi connectivity index (χ4v) is 5.48. The molecule has 3 rings (SSSR count). The van der Waals surface area contributed by atoms with Crippen LogP contribution in [-0.2, 0) is 14.8 Å². The summed E-state index contributed by atoms with van der Waals surface area (Å²) < 4.78 is 26.9. The molecule has 1 N–H and O–H groups in total. The highest BCUT2D eigenvalue weighted by molar-refractivity contribution is 7.91. The molecule has 1 aliphatic rings. The number of benzene rings is 1. The fourth-order valence-electron chi connectivity index (χ4n) is 2.87. The zero-order valence-corrected chi connectivity index (χ0v) is 15.6. The van der Waals surface area contributed by atoms with Crippen molar-refractivity contribution in [3.05, 3.63) is 47.8 Å². The lowest BCUT2D eigenvalue weighted by molar-refractivity contribution is -0.126. The number of hydrogen-bond acceptors (Lipinski definition) is 5. The molecule has 1 saturated heterocycles. The molecule has 1 aromatic carbocycles. The molecule has 2 aromatic rings. The maximum Gasteiger partial charge on any atom is 0.252 e. The number of rotatable bonds is 5. The second-order valence-electron chi connectivity index (χ2n) is 5.98. The number of hydrazine groups is 1. The summed E-state index contributed by atoms with van der Waals surface area (Å²) in [5, 5.41) is 3.45. The van der Waals surface area contributed by atoms with E-state index in [0.29, 0.717) is 30.1 Å². The number of hydrogen-bond donors (Lipinski definition) is 1. The van der Waals surface area contributed by atoms with Gasteiger partial charge in [-0.3, -0.25) is 15.2 Å². The summed E-state index contributed by atoms with van der Waals surface area (Å²) in [4.78, 5) is 12.4. The van der Waals surface area contributed by atoms with Crippen LogP contribution in [0.1, 0.15) is 12.8 Å². The van der Waals surface area contributed by atoms with Crippen molar-refractivity contribution in [3.63, 3.8) is 0 Å². The lowest BCUT2D eigenvalue weighted by Gasteiger charge is -2.31. The number of para-hydroxylation sites is 1. The van der Waals surface area contributed by atoms with Crippen LogP contribution in [0.4, 0.5) is 5.69 Å². The average Bonchev–Trinajstić information content (AvgIpc) is 3.18. The zero-order chi connectivity index (χ0) is 17.9. The van der Waals surface area contributed by atoms with Crippen LogP contribution in [0.25, 0.3) is 0 Å². The third-order valence-corrected chi connectivity index (χ3v) is 7.61. The molecule has 6 nitrogen and oxygen atoms in total. The maximum atomic E-state index is 12.5. The first kappa shape index (κ1) is 17.9. The van der Waals surface area contributed by atoms with Crippen LogP contribution in [0, 0.1) is 5.92 Å². The molecule has 1 aliphatic heterocycles. The topological polar surface area (TPSA) is 69.7 Å². The van der Waals surface area contributed by atoms with Crippen LogP contribution in [-0.4, -0.2) is 38.8 Å². The molecule has 0 unspecified atom stereocenters. The number of piperidine rings is 1. The fraction of sp³-hybridized carbons (Fsp3) is 0.353. The smallest absolute Gasteiger partial charge is 0.252 e. The number of sulfonamides is 1. The SMILES string of the molecule is CN(NC(=O)C1CCN(S(=O)(=O)c2cccs2)CC1)c1ccccc1.